The Kier molecular flexibility index (Phi) is 14.5. The molecule has 0 bridgehead atoms. The Hall–Kier alpha value is 0.720. The maximum absolute atomic E-state index is 11.6. The molecule has 14 heteroatoms. The van der Waals surface area contributed by atoms with Crippen molar-refractivity contribution in [3.8, 4) is 5.88 Å². The van der Waals surface area contributed by atoms with Crippen LogP contribution in [0.1, 0.15) is 19.8 Å². The summed E-state index contributed by atoms with van der Waals surface area (Å²) < 4.78 is 28.1. The molecule has 26 heavy (non-hydrogen) atoms. The molecular formula is C12H20N2Na2O8P2. The SMILES string of the molecule is CC(=O)N(CCCCOc1ccccn1)C(P(=O)(O)O)P(=O)(O)O.[Na].[Na]. The number of amides is 1. The Labute approximate surface area is 195 Å². The minimum absolute atomic E-state index is 0. The molecule has 4 N–H and O–H groups in total. The number of nitrogens with zero attached hydrogens (tertiary/aromatic N) is 2. The van der Waals surface area contributed by atoms with Gasteiger partial charge in [-0.15, -0.1) is 0 Å². The van der Waals surface area contributed by atoms with E-state index < -0.39 is 26.6 Å². The Morgan fingerprint density at radius 3 is 2.15 bits per heavy atom. The molecule has 0 aromatic carbocycles. The van der Waals surface area contributed by atoms with E-state index in [2.05, 4.69) is 4.98 Å². The predicted octanol–water partition coefficient (Wildman–Crippen LogP) is -0.0335. The Morgan fingerprint density at radius 2 is 1.73 bits per heavy atom. The number of carbonyl (C=O) groups excluding carboxylic acids is 1. The Morgan fingerprint density at radius 1 is 1.15 bits per heavy atom. The quantitative estimate of drug-likeness (QED) is 0.241. The van der Waals surface area contributed by atoms with Crippen molar-refractivity contribution in [2.24, 2.45) is 0 Å². The largest absolute Gasteiger partial charge is 0.478 e. The van der Waals surface area contributed by atoms with Gasteiger partial charge in [-0.3, -0.25) is 13.9 Å². The maximum Gasteiger partial charge on any atom is 0.360 e. The average Bonchev–Trinajstić information content (AvgIpc) is 2.43. The smallest absolute Gasteiger partial charge is 0.360 e. The number of unbranched alkanes of at least 4 members (excludes halogenated alkanes) is 1. The molecule has 138 valence electrons. The number of aromatic nitrogens is 1. The summed E-state index contributed by atoms with van der Waals surface area (Å²) in [5.41, 5.74) is -2.47. The second-order valence-electron chi connectivity index (χ2n) is 4.96. The van der Waals surface area contributed by atoms with Gasteiger partial charge in [0.05, 0.1) is 6.61 Å². The van der Waals surface area contributed by atoms with Crippen LogP contribution >= 0.6 is 15.2 Å². The van der Waals surface area contributed by atoms with Crippen molar-refractivity contribution >= 4 is 80.2 Å². The second-order valence-corrected chi connectivity index (χ2v) is 8.70. The van der Waals surface area contributed by atoms with Crippen LogP contribution < -0.4 is 4.74 Å². The van der Waals surface area contributed by atoms with Crippen molar-refractivity contribution in [1.29, 1.82) is 0 Å². The first-order valence-corrected chi connectivity index (χ1v) is 10.3. The van der Waals surface area contributed by atoms with Gasteiger partial charge in [0.25, 0.3) is 0 Å². The number of pyridine rings is 1. The fourth-order valence-corrected chi connectivity index (χ4v) is 4.84. The van der Waals surface area contributed by atoms with Crippen LogP contribution in [0, 0.1) is 0 Å². The van der Waals surface area contributed by atoms with Crippen LogP contribution in [-0.2, 0) is 13.9 Å². The van der Waals surface area contributed by atoms with Crippen molar-refractivity contribution in [3.63, 3.8) is 0 Å². The summed E-state index contributed by atoms with van der Waals surface area (Å²) in [4.78, 5) is 52.7. The molecule has 2 radical (unpaired) electrons. The van der Waals surface area contributed by atoms with Crippen molar-refractivity contribution < 1.29 is 38.2 Å². The minimum atomic E-state index is -5.21. The number of hydrogen-bond acceptors (Lipinski definition) is 5. The number of hydrogen-bond donors (Lipinski definition) is 4. The van der Waals surface area contributed by atoms with E-state index in [1.165, 1.54) is 0 Å². The molecule has 0 aliphatic heterocycles. The monoisotopic (exact) mass is 428 g/mol. The summed E-state index contributed by atoms with van der Waals surface area (Å²) >= 11 is 0. The van der Waals surface area contributed by atoms with E-state index in [1.54, 1.807) is 24.4 Å². The zero-order valence-corrected chi connectivity index (χ0v) is 20.7. The van der Waals surface area contributed by atoms with Crippen molar-refractivity contribution in [2.45, 2.75) is 25.3 Å². The molecule has 0 saturated heterocycles. The van der Waals surface area contributed by atoms with E-state index in [9.17, 15) is 33.5 Å². The molecular weight excluding hydrogens is 408 g/mol. The number of ether oxygens (including phenoxy) is 1. The van der Waals surface area contributed by atoms with Gasteiger partial charge in [-0.25, -0.2) is 4.98 Å². The first kappa shape index (κ1) is 28.9. The standard InChI is InChI=1S/C12H20N2O8P2.2Na/c1-10(15)14(12(23(16,17)18)24(19,20)21)8-4-5-9-22-11-6-2-3-7-13-11;;/h2-3,6-7,12H,4-5,8-9H2,1H3,(H2,16,17,18)(H2,19,20,21);;. The van der Waals surface area contributed by atoms with E-state index in [0.717, 1.165) is 6.92 Å². The molecule has 0 aliphatic carbocycles. The van der Waals surface area contributed by atoms with Gasteiger partial charge in [0.15, 0.2) is 0 Å². The van der Waals surface area contributed by atoms with Crippen molar-refractivity contribution in [3.05, 3.63) is 24.4 Å². The average molecular weight is 428 g/mol. The zero-order chi connectivity index (χ0) is 18.4. The molecule has 0 spiro atoms. The fourth-order valence-electron chi connectivity index (χ4n) is 1.99. The van der Waals surface area contributed by atoms with Crippen molar-refractivity contribution in [2.75, 3.05) is 13.2 Å². The molecule has 0 aliphatic rings. The molecule has 1 aromatic rings. The van der Waals surface area contributed by atoms with Gasteiger partial charge in [-0.2, -0.15) is 0 Å². The fraction of sp³-hybridized carbons (Fsp3) is 0.500. The maximum atomic E-state index is 11.6. The topological polar surface area (TPSA) is 157 Å². The third kappa shape index (κ3) is 10.3. The van der Waals surface area contributed by atoms with E-state index in [4.69, 9.17) is 4.74 Å². The van der Waals surface area contributed by atoms with Crippen molar-refractivity contribution in [1.82, 2.24) is 9.88 Å². The molecule has 0 unspecified atom stereocenters. The van der Waals surface area contributed by atoms with Crippen LogP contribution in [0.25, 0.3) is 0 Å². The van der Waals surface area contributed by atoms with Gasteiger partial charge < -0.3 is 29.2 Å². The molecule has 0 saturated carbocycles. The molecule has 1 amide bonds. The minimum Gasteiger partial charge on any atom is -0.478 e. The Balaban J connectivity index is 0. The summed E-state index contributed by atoms with van der Waals surface area (Å²) in [6, 6.07) is 5.12. The molecule has 1 aromatic heterocycles. The molecule has 1 rings (SSSR count). The van der Waals surface area contributed by atoms with E-state index >= 15 is 0 Å². The van der Waals surface area contributed by atoms with E-state index in [0.29, 0.717) is 17.2 Å². The summed E-state index contributed by atoms with van der Waals surface area (Å²) in [5, 5.41) is 0. The Bertz CT molecular complexity index is 617. The number of rotatable bonds is 9. The van der Waals surface area contributed by atoms with Gasteiger partial charge in [0.1, 0.15) is 0 Å². The first-order chi connectivity index (χ1) is 11.0. The van der Waals surface area contributed by atoms with Gasteiger partial charge in [-0.05, 0) is 18.9 Å². The second kappa shape index (κ2) is 13.0. The van der Waals surface area contributed by atoms with E-state index in [1.807, 2.05) is 0 Å². The number of carbonyl (C=O) groups is 1. The summed E-state index contributed by atoms with van der Waals surface area (Å²) in [5.74, 6) is -0.429. The first-order valence-electron chi connectivity index (χ1n) is 6.95. The summed E-state index contributed by atoms with van der Waals surface area (Å²) in [7, 11) is -10.4. The van der Waals surface area contributed by atoms with Crippen LogP contribution in [0.3, 0.4) is 0 Å². The van der Waals surface area contributed by atoms with Crippen LogP contribution in [0.5, 0.6) is 5.88 Å². The zero-order valence-electron chi connectivity index (χ0n) is 14.9. The third-order valence-electron chi connectivity index (χ3n) is 2.97. The molecule has 1 heterocycles. The van der Waals surface area contributed by atoms with Crippen LogP contribution in [0.15, 0.2) is 24.4 Å². The molecule has 0 fully saturated rings. The van der Waals surface area contributed by atoms with Gasteiger partial charge >= 0.3 is 15.2 Å². The third-order valence-corrected chi connectivity index (χ3v) is 6.53. The summed E-state index contributed by atoms with van der Waals surface area (Å²) in [6.07, 6.45) is 2.19. The molecule has 0 atom stereocenters. The van der Waals surface area contributed by atoms with Crippen LogP contribution in [-0.4, -0.2) is 113 Å². The molecule has 10 nitrogen and oxygen atoms in total. The van der Waals surface area contributed by atoms with Gasteiger partial charge in [0.2, 0.25) is 17.3 Å². The van der Waals surface area contributed by atoms with Gasteiger partial charge in [0, 0.05) is 84.8 Å². The van der Waals surface area contributed by atoms with Gasteiger partial charge in [-0.1, -0.05) is 6.07 Å². The van der Waals surface area contributed by atoms with Crippen LogP contribution in [0.4, 0.5) is 0 Å². The van der Waals surface area contributed by atoms with E-state index in [-0.39, 0.29) is 78.7 Å². The summed E-state index contributed by atoms with van der Waals surface area (Å²) in [6.45, 7) is 1.00. The predicted molar refractivity (Wildman–Crippen MR) is 95.7 cm³/mol. The van der Waals surface area contributed by atoms with Crippen LogP contribution in [0.2, 0.25) is 0 Å². The normalized spacial score (nSPS) is 11.3.